The smallest absolute Gasteiger partial charge is 0.225 e. The van der Waals surface area contributed by atoms with Crippen LogP contribution in [0.3, 0.4) is 0 Å². The molecule has 0 aromatic carbocycles. The van der Waals surface area contributed by atoms with Crippen LogP contribution in [0.2, 0.25) is 0 Å². The molecule has 1 aliphatic heterocycles. The van der Waals surface area contributed by atoms with Crippen LogP contribution in [0, 0.1) is 5.92 Å². The predicted octanol–water partition coefficient (Wildman–Crippen LogP) is 0.346. The second-order valence-electron chi connectivity index (χ2n) is 3.84. The number of hydrogen-bond donors (Lipinski definition) is 1. The Morgan fingerprint density at radius 2 is 2.17 bits per heavy atom. The van der Waals surface area contributed by atoms with Crippen molar-refractivity contribution in [3.8, 4) is 0 Å². The topological polar surface area (TPSA) is 46.3 Å². The molecule has 0 spiro atoms. The van der Waals surface area contributed by atoms with Crippen molar-refractivity contribution in [3.63, 3.8) is 0 Å². The number of hydrogen-bond acceptors (Lipinski definition) is 2. The van der Waals surface area contributed by atoms with E-state index < -0.39 is 0 Å². The Balaban J connectivity index is 1.96. The number of likely N-dealkylation sites (tertiary alicyclic amines) is 1. The Labute approximate surface area is 72.9 Å². The SMILES string of the molecule is NCC1CCCN1C(=O)C1CC1. The second-order valence-corrected chi connectivity index (χ2v) is 3.84. The maximum absolute atomic E-state index is 11.6. The van der Waals surface area contributed by atoms with Gasteiger partial charge >= 0.3 is 0 Å². The molecule has 1 saturated carbocycles. The maximum Gasteiger partial charge on any atom is 0.225 e. The first-order valence-electron chi connectivity index (χ1n) is 4.83. The molecule has 12 heavy (non-hydrogen) atoms. The summed E-state index contributed by atoms with van der Waals surface area (Å²) in [6.45, 7) is 1.58. The third kappa shape index (κ3) is 1.33. The van der Waals surface area contributed by atoms with E-state index in [1.165, 1.54) is 0 Å². The van der Waals surface area contributed by atoms with Crippen molar-refractivity contribution in [2.75, 3.05) is 13.1 Å². The molecule has 2 N–H and O–H groups in total. The second kappa shape index (κ2) is 3.05. The zero-order valence-corrected chi connectivity index (χ0v) is 7.33. The quantitative estimate of drug-likeness (QED) is 0.646. The molecular formula is C9H16N2O. The summed E-state index contributed by atoms with van der Waals surface area (Å²) in [5, 5.41) is 0. The average Bonchev–Trinajstić information content (AvgIpc) is 2.82. The Morgan fingerprint density at radius 1 is 1.42 bits per heavy atom. The van der Waals surface area contributed by atoms with Crippen LogP contribution in [0.25, 0.3) is 0 Å². The number of amides is 1. The van der Waals surface area contributed by atoms with E-state index in [2.05, 4.69) is 0 Å². The molecule has 0 radical (unpaired) electrons. The average molecular weight is 168 g/mol. The van der Waals surface area contributed by atoms with Crippen molar-refractivity contribution in [1.29, 1.82) is 0 Å². The molecule has 1 amide bonds. The van der Waals surface area contributed by atoms with E-state index in [4.69, 9.17) is 5.73 Å². The zero-order chi connectivity index (χ0) is 8.55. The van der Waals surface area contributed by atoms with Crippen LogP contribution in [0.5, 0.6) is 0 Å². The van der Waals surface area contributed by atoms with Gasteiger partial charge in [-0.1, -0.05) is 0 Å². The minimum atomic E-state index is 0.345. The summed E-state index contributed by atoms with van der Waals surface area (Å²) in [5.41, 5.74) is 5.59. The molecule has 2 fully saturated rings. The normalized spacial score (nSPS) is 29.4. The standard InChI is InChI=1S/C9H16N2O/c10-6-8-2-1-5-11(8)9(12)7-3-4-7/h7-8H,1-6,10H2. The van der Waals surface area contributed by atoms with E-state index in [9.17, 15) is 4.79 Å². The molecule has 2 aliphatic rings. The monoisotopic (exact) mass is 168 g/mol. The highest BCUT2D eigenvalue weighted by atomic mass is 16.2. The van der Waals surface area contributed by atoms with Gasteiger partial charge in [-0.15, -0.1) is 0 Å². The van der Waals surface area contributed by atoms with Gasteiger partial charge in [0.15, 0.2) is 0 Å². The molecule has 3 heteroatoms. The third-order valence-corrected chi connectivity index (χ3v) is 2.86. The number of carbonyl (C=O) groups excluding carboxylic acids is 1. The van der Waals surface area contributed by atoms with E-state index >= 15 is 0 Å². The van der Waals surface area contributed by atoms with Crippen LogP contribution in [0.1, 0.15) is 25.7 Å². The predicted molar refractivity (Wildman–Crippen MR) is 46.5 cm³/mol. The summed E-state index contributed by atoms with van der Waals surface area (Å²) in [6, 6.07) is 0.345. The van der Waals surface area contributed by atoms with E-state index in [1.807, 2.05) is 4.90 Å². The van der Waals surface area contributed by atoms with Gasteiger partial charge in [-0.2, -0.15) is 0 Å². The van der Waals surface area contributed by atoms with Crippen molar-refractivity contribution < 1.29 is 4.79 Å². The molecule has 1 saturated heterocycles. The fourth-order valence-corrected chi connectivity index (χ4v) is 1.94. The van der Waals surface area contributed by atoms with Crippen molar-refractivity contribution >= 4 is 5.91 Å². The van der Waals surface area contributed by atoms with E-state index in [1.54, 1.807) is 0 Å². The first-order valence-corrected chi connectivity index (χ1v) is 4.83. The van der Waals surface area contributed by atoms with E-state index in [0.29, 0.717) is 24.4 Å². The lowest BCUT2D eigenvalue weighted by Crippen LogP contribution is -2.40. The number of carbonyl (C=O) groups is 1. The molecule has 1 atom stereocenters. The largest absolute Gasteiger partial charge is 0.338 e. The molecule has 0 aromatic heterocycles. The fourth-order valence-electron chi connectivity index (χ4n) is 1.94. The summed E-state index contributed by atoms with van der Waals surface area (Å²) in [7, 11) is 0. The van der Waals surface area contributed by atoms with E-state index in [0.717, 1.165) is 32.2 Å². The van der Waals surface area contributed by atoms with Gasteiger partial charge in [0.25, 0.3) is 0 Å². The lowest BCUT2D eigenvalue weighted by Gasteiger charge is -2.23. The third-order valence-electron chi connectivity index (χ3n) is 2.86. The van der Waals surface area contributed by atoms with Crippen molar-refractivity contribution in [1.82, 2.24) is 4.90 Å². The van der Waals surface area contributed by atoms with Crippen LogP contribution < -0.4 is 5.73 Å². The van der Waals surface area contributed by atoms with Crippen LogP contribution in [0.4, 0.5) is 0 Å². The van der Waals surface area contributed by atoms with Gasteiger partial charge < -0.3 is 10.6 Å². The molecule has 2 rings (SSSR count). The highest BCUT2D eigenvalue weighted by Crippen LogP contribution is 2.33. The summed E-state index contributed by atoms with van der Waals surface area (Å²) < 4.78 is 0. The maximum atomic E-state index is 11.6. The molecule has 1 unspecified atom stereocenters. The van der Waals surface area contributed by atoms with Gasteiger partial charge in [0.05, 0.1) is 0 Å². The minimum absolute atomic E-state index is 0.345. The Kier molecular flexibility index (Phi) is 2.05. The summed E-state index contributed by atoms with van der Waals surface area (Å²) in [6.07, 6.45) is 4.45. The van der Waals surface area contributed by atoms with Crippen molar-refractivity contribution in [2.45, 2.75) is 31.7 Å². The highest BCUT2D eigenvalue weighted by Gasteiger charge is 2.37. The molecule has 3 nitrogen and oxygen atoms in total. The first-order chi connectivity index (χ1) is 5.83. The molecule has 1 heterocycles. The van der Waals surface area contributed by atoms with Crippen molar-refractivity contribution in [2.24, 2.45) is 11.7 Å². The number of nitrogens with zero attached hydrogens (tertiary/aromatic N) is 1. The highest BCUT2D eigenvalue weighted by molar-refractivity contribution is 5.81. The van der Waals surface area contributed by atoms with Gasteiger partial charge in [-0.25, -0.2) is 0 Å². The van der Waals surface area contributed by atoms with E-state index in [-0.39, 0.29) is 0 Å². The molecule has 1 aliphatic carbocycles. The zero-order valence-electron chi connectivity index (χ0n) is 7.33. The number of rotatable bonds is 2. The van der Waals surface area contributed by atoms with Crippen LogP contribution in [0.15, 0.2) is 0 Å². The van der Waals surface area contributed by atoms with Gasteiger partial charge in [0, 0.05) is 25.0 Å². The first kappa shape index (κ1) is 8.05. The lowest BCUT2D eigenvalue weighted by atomic mass is 10.2. The minimum Gasteiger partial charge on any atom is -0.338 e. The molecule has 68 valence electrons. The summed E-state index contributed by atoms with van der Waals surface area (Å²) in [4.78, 5) is 13.6. The lowest BCUT2D eigenvalue weighted by molar-refractivity contribution is -0.133. The molecular weight excluding hydrogens is 152 g/mol. The van der Waals surface area contributed by atoms with Crippen LogP contribution in [-0.2, 0) is 4.79 Å². The van der Waals surface area contributed by atoms with Gasteiger partial charge in [-0.3, -0.25) is 4.79 Å². The summed E-state index contributed by atoms with van der Waals surface area (Å²) >= 11 is 0. The van der Waals surface area contributed by atoms with Gasteiger partial charge in [0.1, 0.15) is 0 Å². The van der Waals surface area contributed by atoms with Crippen molar-refractivity contribution in [3.05, 3.63) is 0 Å². The fraction of sp³-hybridized carbons (Fsp3) is 0.889. The number of nitrogens with two attached hydrogens (primary N) is 1. The van der Waals surface area contributed by atoms with Gasteiger partial charge in [0.2, 0.25) is 5.91 Å². The Bertz CT molecular complexity index is 189. The van der Waals surface area contributed by atoms with Crippen LogP contribution >= 0.6 is 0 Å². The molecule has 0 bridgehead atoms. The Morgan fingerprint density at radius 3 is 2.75 bits per heavy atom. The van der Waals surface area contributed by atoms with Gasteiger partial charge in [-0.05, 0) is 25.7 Å². The Hall–Kier alpha value is -0.570. The molecule has 0 aromatic rings. The van der Waals surface area contributed by atoms with Crippen LogP contribution in [-0.4, -0.2) is 29.9 Å². The summed E-state index contributed by atoms with van der Waals surface area (Å²) in [5.74, 6) is 0.722.